The van der Waals surface area contributed by atoms with Crippen molar-refractivity contribution < 1.29 is 9.47 Å². The lowest BCUT2D eigenvalue weighted by Gasteiger charge is -2.29. The van der Waals surface area contributed by atoms with E-state index in [1.54, 1.807) is 0 Å². The average Bonchev–Trinajstić information content (AvgIpc) is 2.94. The van der Waals surface area contributed by atoms with Crippen LogP contribution >= 0.6 is 0 Å². The SMILES string of the molecule is CCC1=CC2=C(c3cc(C)cc(C)c3)C3=C(CC2=C1)OCCO3. The zero-order valence-electron chi connectivity index (χ0n) is 14.0. The standard InChI is InChI=1S/C21H22O2/c1-4-15-10-16-12-19-21(23-6-5-22-19)20(18(16)11-15)17-8-13(2)7-14(3)9-17/h7-11H,4-6,12H2,1-3H3. The maximum atomic E-state index is 6.05. The highest BCUT2D eigenvalue weighted by atomic mass is 16.6. The van der Waals surface area contributed by atoms with E-state index in [0.717, 1.165) is 24.4 Å². The van der Waals surface area contributed by atoms with Crippen LogP contribution in [0.25, 0.3) is 5.57 Å². The van der Waals surface area contributed by atoms with Gasteiger partial charge in [0.2, 0.25) is 0 Å². The number of hydrogen-bond donors (Lipinski definition) is 0. The highest BCUT2D eigenvalue weighted by Crippen LogP contribution is 2.45. The van der Waals surface area contributed by atoms with Crippen LogP contribution in [-0.4, -0.2) is 13.2 Å². The molecule has 0 fully saturated rings. The van der Waals surface area contributed by atoms with E-state index in [9.17, 15) is 0 Å². The van der Waals surface area contributed by atoms with Crippen LogP contribution in [0.15, 0.2) is 58.6 Å². The van der Waals surface area contributed by atoms with Gasteiger partial charge in [-0.25, -0.2) is 0 Å². The molecule has 0 atom stereocenters. The first-order chi connectivity index (χ1) is 11.2. The van der Waals surface area contributed by atoms with Crippen molar-refractivity contribution in [3.05, 3.63) is 75.3 Å². The summed E-state index contributed by atoms with van der Waals surface area (Å²) in [5, 5.41) is 0. The minimum Gasteiger partial charge on any atom is -0.490 e. The highest BCUT2D eigenvalue weighted by Gasteiger charge is 2.31. The molecule has 0 unspecified atom stereocenters. The molecule has 0 radical (unpaired) electrons. The third-order valence-corrected chi connectivity index (χ3v) is 4.66. The summed E-state index contributed by atoms with van der Waals surface area (Å²) in [6.45, 7) is 7.78. The fraction of sp³-hybridized carbons (Fsp3) is 0.333. The molecule has 0 amide bonds. The summed E-state index contributed by atoms with van der Waals surface area (Å²) in [7, 11) is 0. The van der Waals surface area contributed by atoms with Crippen molar-refractivity contribution in [2.24, 2.45) is 0 Å². The van der Waals surface area contributed by atoms with Gasteiger partial charge in [0.05, 0.1) is 0 Å². The second-order valence-corrected chi connectivity index (χ2v) is 6.53. The van der Waals surface area contributed by atoms with Gasteiger partial charge in [-0.15, -0.1) is 0 Å². The maximum absolute atomic E-state index is 6.05. The Hall–Kier alpha value is -2.22. The van der Waals surface area contributed by atoms with Crippen molar-refractivity contribution >= 4 is 5.57 Å². The number of ether oxygens (including phenoxy) is 2. The number of aryl methyl sites for hydroxylation is 2. The molecule has 3 aliphatic rings. The van der Waals surface area contributed by atoms with Gasteiger partial charge in [-0.1, -0.05) is 48.4 Å². The van der Waals surface area contributed by atoms with E-state index in [4.69, 9.17) is 9.47 Å². The Bertz CT molecular complexity index is 783. The molecule has 1 heterocycles. The van der Waals surface area contributed by atoms with E-state index in [1.165, 1.54) is 39.0 Å². The minimum atomic E-state index is 0.629. The lowest BCUT2D eigenvalue weighted by molar-refractivity contribution is 0.0676. The minimum absolute atomic E-state index is 0.629. The molecule has 23 heavy (non-hydrogen) atoms. The normalized spacial score (nSPS) is 19.6. The molecule has 1 aromatic rings. The average molecular weight is 306 g/mol. The van der Waals surface area contributed by atoms with Crippen LogP contribution in [0.5, 0.6) is 0 Å². The Balaban J connectivity index is 1.95. The molecule has 0 N–H and O–H groups in total. The molecule has 2 nitrogen and oxygen atoms in total. The highest BCUT2D eigenvalue weighted by molar-refractivity contribution is 5.88. The quantitative estimate of drug-likeness (QED) is 0.766. The van der Waals surface area contributed by atoms with Gasteiger partial charge in [-0.3, -0.25) is 0 Å². The molecule has 2 aliphatic carbocycles. The van der Waals surface area contributed by atoms with Gasteiger partial charge in [0.15, 0.2) is 5.76 Å². The van der Waals surface area contributed by atoms with Crippen molar-refractivity contribution in [1.82, 2.24) is 0 Å². The first-order valence-electron chi connectivity index (χ1n) is 8.39. The topological polar surface area (TPSA) is 18.5 Å². The summed E-state index contributed by atoms with van der Waals surface area (Å²) in [6, 6.07) is 6.71. The summed E-state index contributed by atoms with van der Waals surface area (Å²) < 4.78 is 12.0. The molecule has 2 heteroatoms. The molecule has 4 rings (SSSR count). The van der Waals surface area contributed by atoms with Crippen LogP contribution in [0.3, 0.4) is 0 Å². The van der Waals surface area contributed by atoms with Crippen LogP contribution < -0.4 is 0 Å². The van der Waals surface area contributed by atoms with Gasteiger partial charge < -0.3 is 9.47 Å². The van der Waals surface area contributed by atoms with Gasteiger partial charge in [0, 0.05) is 12.0 Å². The molecular weight excluding hydrogens is 284 g/mol. The number of rotatable bonds is 2. The summed E-state index contributed by atoms with van der Waals surface area (Å²) in [5.74, 6) is 1.94. The van der Waals surface area contributed by atoms with Gasteiger partial charge in [-0.05, 0) is 42.6 Å². The van der Waals surface area contributed by atoms with Gasteiger partial charge >= 0.3 is 0 Å². The lowest BCUT2D eigenvalue weighted by Crippen LogP contribution is -2.19. The van der Waals surface area contributed by atoms with Gasteiger partial charge in [0.25, 0.3) is 0 Å². The van der Waals surface area contributed by atoms with E-state index < -0.39 is 0 Å². The fourth-order valence-electron chi connectivity index (χ4n) is 3.70. The van der Waals surface area contributed by atoms with Gasteiger partial charge in [-0.2, -0.15) is 0 Å². The fourth-order valence-corrected chi connectivity index (χ4v) is 3.70. The van der Waals surface area contributed by atoms with Crippen molar-refractivity contribution in [2.75, 3.05) is 13.2 Å². The zero-order valence-corrected chi connectivity index (χ0v) is 14.0. The lowest BCUT2D eigenvalue weighted by atomic mass is 9.86. The van der Waals surface area contributed by atoms with E-state index in [-0.39, 0.29) is 0 Å². The summed E-state index contributed by atoms with van der Waals surface area (Å²) in [4.78, 5) is 0. The smallest absolute Gasteiger partial charge is 0.165 e. The Labute approximate surface area is 137 Å². The number of hydrogen-bond acceptors (Lipinski definition) is 2. The summed E-state index contributed by atoms with van der Waals surface area (Å²) >= 11 is 0. The largest absolute Gasteiger partial charge is 0.490 e. The Kier molecular flexibility index (Phi) is 3.41. The van der Waals surface area contributed by atoms with Crippen LogP contribution in [0.4, 0.5) is 0 Å². The van der Waals surface area contributed by atoms with E-state index in [1.807, 2.05) is 0 Å². The van der Waals surface area contributed by atoms with E-state index >= 15 is 0 Å². The van der Waals surface area contributed by atoms with Crippen molar-refractivity contribution in [2.45, 2.75) is 33.6 Å². The monoisotopic (exact) mass is 306 g/mol. The van der Waals surface area contributed by atoms with Gasteiger partial charge in [0.1, 0.15) is 19.0 Å². The molecule has 0 saturated heterocycles. The third-order valence-electron chi connectivity index (χ3n) is 4.66. The van der Waals surface area contributed by atoms with Crippen LogP contribution in [0.2, 0.25) is 0 Å². The zero-order chi connectivity index (χ0) is 16.0. The van der Waals surface area contributed by atoms with Crippen molar-refractivity contribution in [3.63, 3.8) is 0 Å². The Morgan fingerprint density at radius 3 is 2.43 bits per heavy atom. The Morgan fingerprint density at radius 1 is 0.957 bits per heavy atom. The van der Waals surface area contributed by atoms with Crippen LogP contribution in [-0.2, 0) is 9.47 Å². The molecular formula is C21H22O2. The van der Waals surface area contributed by atoms with E-state index in [2.05, 4.69) is 51.1 Å². The van der Waals surface area contributed by atoms with Crippen molar-refractivity contribution in [1.29, 1.82) is 0 Å². The number of fused-ring (bicyclic) bond motifs is 1. The first kappa shape index (κ1) is 14.4. The maximum Gasteiger partial charge on any atom is 0.165 e. The van der Waals surface area contributed by atoms with Crippen LogP contribution in [0.1, 0.15) is 36.5 Å². The summed E-state index contributed by atoms with van der Waals surface area (Å²) in [5.41, 5.74) is 9.05. The van der Waals surface area contributed by atoms with E-state index in [0.29, 0.717) is 13.2 Å². The molecule has 0 bridgehead atoms. The number of allylic oxidation sites excluding steroid dienone is 6. The first-order valence-corrected chi connectivity index (χ1v) is 8.39. The molecule has 118 valence electrons. The molecule has 1 aromatic carbocycles. The predicted octanol–water partition coefficient (Wildman–Crippen LogP) is 5.00. The third kappa shape index (κ3) is 2.42. The summed E-state index contributed by atoms with van der Waals surface area (Å²) in [6.07, 6.45) is 6.54. The van der Waals surface area contributed by atoms with Crippen LogP contribution in [0, 0.1) is 13.8 Å². The molecule has 0 spiro atoms. The molecule has 0 saturated carbocycles. The molecule has 1 aliphatic heterocycles. The second kappa shape index (κ2) is 5.45. The predicted molar refractivity (Wildman–Crippen MR) is 92.8 cm³/mol. The molecule has 0 aromatic heterocycles. The second-order valence-electron chi connectivity index (χ2n) is 6.53. The number of benzene rings is 1. The van der Waals surface area contributed by atoms with Crippen molar-refractivity contribution in [3.8, 4) is 0 Å². The Morgan fingerprint density at radius 2 is 1.70 bits per heavy atom.